The number of Topliss-reactive ketones (excluding diaryl/α,β-unsaturated/α-hetero) is 1. The summed E-state index contributed by atoms with van der Waals surface area (Å²) in [6.07, 6.45) is -0.643. The fourth-order valence-corrected chi connectivity index (χ4v) is 13.4. The number of anilines is 1. The average Bonchev–Trinajstić information content (AvgIpc) is 1.61. The van der Waals surface area contributed by atoms with Gasteiger partial charge in [-0.15, -0.1) is 18.9 Å². The van der Waals surface area contributed by atoms with Crippen LogP contribution in [-0.2, 0) is 23.8 Å². The van der Waals surface area contributed by atoms with Gasteiger partial charge in [0.2, 0.25) is 11.8 Å². The lowest BCUT2D eigenvalue weighted by atomic mass is 9.98. The zero-order valence-corrected chi connectivity index (χ0v) is 61.8. The summed E-state index contributed by atoms with van der Waals surface area (Å²) in [6, 6.07) is 28.8. The third kappa shape index (κ3) is 20.6. The highest BCUT2D eigenvalue weighted by molar-refractivity contribution is 7.80. The summed E-state index contributed by atoms with van der Waals surface area (Å²) in [6.45, 7) is -1.78. The molecule has 12 rings (SSSR count). The van der Waals surface area contributed by atoms with Crippen molar-refractivity contribution in [2.45, 2.75) is 87.9 Å². The van der Waals surface area contributed by atoms with Crippen LogP contribution in [0.4, 0.5) is 16.2 Å². The number of ketones is 1. The number of fused-ring (bicyclic) bond motifs is 5. The molecule has 8 heterocycles. The van der Waals surface area contributed by atoms with Gasteiger partial charge in [-0.05, 0) is 159 Å². The van der Waals surface area contributed by atoms with Crippen LogP contribution in [0.1, 0.15) is 138 Å². The first-order valence-corrected chi connectivity index (χ1v) is 36.7. The summed E-state index contributed by atoms with van der Waals surface area (Å²) in [4.78, 5) is 184. The van der Waals surface area contributed by atoms with Crippen LogP contribution >= 0.6 is 24.4 Å². The summed E-state index contributed by atoms with van der Waals surface area (Å²) < 4.78 is 17.1. The van der Waals surface area contributed by atoms with Gasteiger partial charge in [-0.3, -0.25) is 57.5 Å². The molecule has 37 heteroatoms. The SMILES string of the molecule is O=C(NCCCCC(NC(=S)Nc1ccc(N=C=S)cc1)C(=O)NCCOCCNC(=O)C1CCCN(C(=O)c2cccc(=O)n2O)CCCNC(=O)c2ccc(c(=O)n2O)C(=O)N[C@@H]2COC[C@@H]2NC(=O)c2ccc(n(O)c2=O)C(=O)CCCCN1C(=O)c1cccc(=O)n1O)OCC1c2ccccc2-c2ccccc21. The molecule has 8 amide bonds. The standard InChI is InChI=1S/C75H81N15O20S2/c91-62-21-6-8-38-86(73(102)61-19-10-23-64(93)88(61)105)58(68(97)78-35-40-108-39-34-77-67(96)54(84-74(112)81-46-26-24-45(25-27-46)80-44-111)17-5-7-32-79-75(103)110-41-53-49-15-3-1-13-47(49)48-14-2-4-16-50(48)53)20-11-36-85(72(101)60-18-9-22-63(92)87(60)104)37-12-33-76-69(98)59-31-29-52(71(100)90(59)107)66(95)83-56-43-109-42-55(56)82-65(94)51-28-30-57(62)89(106)70(51)99/h1-4,9-10,13-16,18-19,22-31,53-56,58,104-107H,5-8,11-12,17,20-21,32-43H2,(H,76,98)(H,77,96)(H,78,97)(H,79,103)(H,82,94)(H,83,95)(H2,81,84,112)/t54?,55-,56+,58?/m0/s1. The summed E-state index contributed by atoms with van der Waals surface area (Å²) in [7, 11) is 0. The van der Waals surface area contributed by atoms with E-state index in [1.807, 2.05) is 48.5 Å². The number of pyridine rings is 4. The Labute approximate surface area is 648 Å². The normalized spacial score (nSPS) is 16.7. The van der Waals surface area contributed by atoms with Gasteiger partial charge in [-0.25, -0.2) is 4.79 Å². The third-order valence-electron chi connectivity index (χ3n) is 18.8. The number of nitrogens with one attached hydrogen (secondary N) is 8. The van der Waals surface area contributed by atoms with Crippen molar-refractivity contribution in [2.24, 2.45) is 4.99 Å². The molecular weight excluding hydrogens is 1500 g/mol. The minimum absolute atomic E-state index is 0.0306. The van der Waals surface area contributed by atoms with E-state index in [1.165, 1.54) is 17.0 Å². The van der Waals surface area contributed by atoms with E-state index in [1.54, 1.807) is 24.3 Å². The van der Waals surface area contributed by atoms with Gasteiger partial charge in [0, 0.05) is 76.0 Å². The van der Waals surface area contributed by atoms with Crippen LogP contribution < -0.4 is 64.8 Å². The number of amides is 8. The van der Waals surface area contributed by atoms with E-state index >= 15 is 0 Å². The summed E-state index contributed by atoms with van der Waals surface area (Å²) >= 11 is 10.3. The lowest BCUT2D eigenvalue weighted by Gasteiger charge is -2.32. The first-order chi connectivity index (χ1) is 54.0. The number of carbonyl (C=O) groups excluding carboxylic acids is 9. The summed E-state index contributed by atoms with van der Waals surface area (Å²) in [5.74, 6) is -7.35. The molecule has 35 nitrogen and oxygen atoms in total. The molecule has 2 unspecified atom stereocenters. The number of thiocarbonyl (C=S) groups is 2. The Bertz CT molecular complexity index is 4960. The van der Waals surface area contributed by atoms with E-state index in [0.717, 1.165) is 75.7 Å². The van der Waals surface area contributed by atoms with Crippen LogP contribution in [-0.4, -0.2) is 216 Å². The number of hydrogen-bond donors (Lipinski definition) is 12. The minimum Gasteiger partial charge on any atom is -0.449 e. The van der Waals surface area contributed by atoms with Crippen molar-refractivity contribution in [2.75, 3.05) is 84.2 Å². The van der Waals surface area contributed by atoms with Gasteiger partial charge in [-0.1, -0.05) is 60.7 Å². The number of aliphatic imine (C=N–C) groups is 1. The van der Waals surface area contributed by atoms with Crippen LogP contribution in [0.5, 0.6) is 0 Å². The van der Waals surface area contributed by atoms with Crippen molar-refractivity contribution >= 4 is 99.3 Å². The number of nitrogens with zero attached hydrogens (tertiary/aromatic N) is 7. The monoisotopic (exact) mass is 1580 g/mol. The molecule has 0 radical (unpaired) electrons. The number of isothiocyanates is 1. The second-order valence-corrected chi connectivity index (χ2v) is 26.7. The molecule has 3 aromatic carbocycles. The van der Waals surface area contributed by atoms with Gasteiger partial charge in [0.15, 0.2) is 10.9 Å². The molecule has 4 bridgehead atoms. The van der Waals surface area contributed by atoms with Crippen molar-refractivity contribution in [1.29, 1.82) is 0 Å². The lowest BCUT2D eigenvalue weighted by molar-refractivity contribution is -0.126. The van der Waals surface area contributed by atoms with Gasteiger partial charge in [-0.2, -0.15) is 4.99 Å². The predicted octanol–water partition coefficient (Wildman–Crippen LogP) is 3.18. The number of carbonyl (C=O) groups is 9. The second kappa shape index (κ2) is 39.1. The highest BCUT2D eigenvalue weighted by Crippen LogP contribution is 2.44. The highest BCUT2D eigenvalue weighted by Gasteiger charge is 2.36. The molecule has 12 N–H and O–H groups in total. The van der Waals surface area contributed by atoms with Gasteiger partial charge >= 0.3 is 6.09 Å². The maximum absolute atomic E-state index is 14.9. The molecule has 5 aliphatic rings. The van der Waals surface area contributed by atoms with Crippen molar-refractivity contribution in [3.8, 4) is 11.1 Å². The second-order valence-electron chi connectivity index (χ2n) is 26.1. The van der Waals surface area contributed by atoms with Crippen molar-refractivity contribution in [3.05, 3.63) is 220 Å². The number of hydrogen-bond acceptors (Lipinski definition) is 23. The van der Waals surface area contributed by atoms with E-state index in [2.05, 4.69) is 52.7 Å². The van der Waals surface area contributed by atoms with E-state index in [0.29, 0.717) is 24.2 Å². The first kappa shape index (κ1) is 81.8. The Morgan fingerprint density at radius 2 is 1.19 bits per heavy atom. The fraction of sp³-hybridized carbons (Fsp3) is 0.347. The van der Waals surface area contributed by atoms with Crippen LogP contribution in [0, 0.1) is 0 Å². The van der Waals surface area contributed by atoms with Gasteiger partial charge in [0.1, 0.15) is 52.6 Å². The Kier molecular flexibility index (Phi) is 28.6. The maximum atomic E-state index is 14.9. The molecule has 0 spiro atoms. The molecule has 588 valence electrons. The lowest BCUT2D eigenvalue weighted by Crippen LogP contribution is -2.52. The smallest absolute Gasteiger partial charge is 0.407 e. The number of unbranched alkanes of at least 4 members (excludes halogenated alkanes) is 1. The zero-order valence-electron chi connectivity index (χ0n) is 60.2. The maximum Gasteiger partial charge on any atom is 0.407 e. The van der Waals surface area contributed by atoms with E-state index in [-0.39, 0.29) is 147 Å². The molecule has 0 saturated carbocycles. The molecule has 1 aliphatic carbocycles. The molecular formula is C75H81N15O20S2. The molecule has 4 aliphatic heterocycles. The number of benzene rings is 3. The van der Waals surface area contributed by atoms with Crippen molar-refractivity contribution in [3.63, 3.8) is 0 Å². The molecule has 4 aromatic heterocycles. The van der Waals surface area contributed by atoms with E-state index < -0.39 is 140 Å². The van der Waals surface area contributed by atoms with Crippen molar-refractivity contribution in [1.82, 2.24) is 65.9 Å². The fourth-order valence-electron chi connectivity index (χ4n) is 13.0. The topological polar surface area (TPSA) is 465 Å². The van der Waals surface area contributed by atoms with Crippen LogP contribution in [0.2, 0.25) is 0 Å². The Balaban J connectivity index is 0.824. The van der Waals surface area contributed by atoms with Crippen LogP contribution in [0.15, 0.2) is 158 Å². The quantitative estimate of drug-likeness (QED) is 0.0226. The molecule has 4 atom stereocenters. The average molecular weight is 1580 g/mol. The molecule has 1 fully saturated rings. The minimum atomic E-state index is -1.55. The first-order valence-electron chi connectivity index (χ1n) is 35.8. The van der Waals surface area contributed by atoms with E-state index in [9.17, 15) is 83.2 Å². The summed E-state index contributed by atoms with van der Waals surface area (Å²) in [5.41, 5.74) is -2.73. The van der Waals surface area contributed by atoms with E-state index in [4.69, 9.17) is 38.6 Å². The number of ether oxygens (including phenoxy) is 3. The van der Waals surface area contributed by atoms with Crippen LogP contribution in [0.25, 0.3) is 11.1 Å². The number of aromatic nitrogens is 4. The summed E-state index contributed by atoms with van der Waals surface area (Å²) in [5, 5.41) is 68.1. The van der Waals surface area contributed by atoms with Crippen LogP contribution in [0.3, 0.4) is 0 Å². The Morgan fingerprint density at radius 1 is 0.598 bits per heavy atom. The number of rotatable bonds is 20. The van der Waals surface area contributed by atoms with Gasteiger partial charge in [0.05, 0.1) is 49.4 Å². The predicted molar refractivity (Wildman–Crippen MR) is 408 cm³/mol. The molecule has 7 aromatic rings. The Hall–Kier alpha value is -12.7. The van der Waals surface area contributed by atoms with Gasteiger partial charge in [0.25, 0.3) is 51.8 Å². The highest BCUT2D eigenvalue weighted by atomic mass is 32.1. The van der Waals surface area contributed by atoms with Crippen molar-refractivity contribution < 1.29 is 78.2 Å². The zero-order chi connectivity index (χ0) is 80.0. The molecule has 1 saturated heterocycles. The molecule has 112 heavy (non-hydrogen) atoms. The Morgan fingerprint density at radius 3 is 1.82 bits per heavy atom. The van der Waals surface area contributed by atoms with Gasteiger partial charge < -0.3 is 87.4 Å². The number of alkyl carbamates (subject to hydrolysis) is 1. The third-order valence-corrected chi connectivity index (χ3v) is 19.1. The largest absolute Gasteiger partial charge is 0.449 e.